The summed E-state index contributed by atoms with van der Waals surface area (Å²) in [6.07, 6.45) is 3.60. The molecule has 0 saturated carbocycles. The van der Waals surface area contributed by atoms with Crippen molar-refractivity contribution in [2.75, 3.05) is 7.05 Å². The van der Waals surface area contributed by atoms with Gasteiger partial charge in [0.1, 0.15) is 6.33 Å². The van der Waals surface area contributed by atoms with Gasteiger partial charge in [-0.2, -0.15) is 8.42 Å². The fourth-order valence-electron chi connectivity index (χ4n) is 1.22. The first kappa shape index (κ1) is 12.2. The Bertz CT molecular complexity index is 428. The molecule has 15 heavy (non-hydrogen) atoms. The van der Waals surface area contributed by atoms with Gasteiger partial charge in [-0.15, -0.1) is 0 Å². The summed E-state index contributed by atoms with van der Waals surface area (Å²) >= 11 is 0. The molecule has 1 aromatic rings. The Morgan fingerprint density at radius 3 is 2.53 bits per heavy atom. The number of nitrogens with zero attached hydrogens (tertiary/aromatic N) is 2. The van der Waals surface area contributed by atoms with E-state index in [0.717, 1.165) is 16.1 Å². The van der Waals surface area contributed by atoms with Crippen LogP contribution in [-0.4, -0.2) is 24.4 Å². The van der Waals surface area contributed by atoms with Crippen LogP contribution in [-0.2, 0) is 16.6 Å². The van der Waals surface area contributed by atoms with E-state index >= 15 is 0 Å². The zero-order valence-corrected chi connectivity index (χ0v) is 10.3. The molecule has 0 saturated heterocycles. The van der Waals surface area contributed by atoms with Crippen molar-refractivity contribution in [3.05, 3.63) is 18.2 Å². The van der Waals surface area contributed by atoms with E-state index in [-0.39, 0.29) is 5.41 Å². The maximum atomic E-state index is 11.4. The van der Waals surface area contributed by atoms with Crippen LogP contribution in [0.1, 0.15) is 26.5 Å². The molecule has 0 fully saturated rings. The smallest absolute Gasteiger partial charge is 0.241 e. The lowest BCUT2D eigenvalue weighted by Gasteiger charge is -2.15. The number of rotatable bonds is 3. The predicted molar refractivity (Wildman–Crippen MR) is 58.8 cm³/mol. The molecule has 0 amide bonds. The quantitative estimate of drug-likeness (QED) is 0.836. The molecule has 0 bridgehead atoms. The maximum Gasteiger partial charge on any atom is 0.305 e. The van der Waals surface area contributed by atoms with Crippen LogP contribution in [0.3, 0.4) is 0 Å². The zero-order chi connectivity index (χ0) is 11.7. The van der Waals surface area contributed by atoms with Gasteiger partial charge < -0.3 is 0 Å². The van der Waals surface area contributed by atoms with E-state index in [0.29, 0.717) is 0 Å². The zero-order valence-electron chi connectivity index (χ0n) is 9.48. The molecule has 0 spiro atoms. The SMILES string of the molecule is CNS(=O)(=O)n1cnc(CC(C)(C)C)c1. The van der Waals surface area contributed by atoms with Gasteiger partial charge in [-0.3, -0.25) is 0 Å². The van der Waals surface area contributed by atoms with Gasteiger partial charge in [0.15, 0.2) is 0 Å². The Labute approximate surface area is 90.7 Å². The van der Waals surface area contributed by atoms with Crippen LogP contribution in [0, 0.1) is 5.41 Å². The Morgan fingerprint density at radius 2 is 2.07 bits per heavy atom. The molecule has 6 heteroatoms. The molecule has 0 aliphatic carbocycles. The fraction of sp³-hybridized carbons (Fsp3) is 0.667. The fourth-order valence-corrected chi connectivity index (χ4v) is 1.86. The standard InChI is InChI=1S/C9H17N3O2S/c1-9(2,3)5-8-6-12(7-11-8)15(13,14)10-4/h6-7,10H,5H2,1-4H3. The number of hydrogen-bond donors (Lipinski definition) is 1. The van der Waals surface area contributed by atoms with E-state index < -0.39 is 10.2 Å². The Kier molecular flexibility index (Phi) is 3.20. The Morgan fingerprint density at radius 1 is 1.47 bits per heavy atom. The van der Waals surface area contributed by atoms with Crippen molar-refractivity contribution in [1.29, 1.82) is 0 Å². The van der Waals surface area contributed by atoms with Crippen LogP contribution in [0.4, 0.5) is 0 Å². The average molecular weight is 231 g/mol. The Balaban J connectivity index is 2.91. The molecule has 0 aliphatic heterocycles. The van der Waals surface area contributed by atoms with Crippen LogP contribution >= 0.6 is 0 Å². The summed E-state index contributed by atoms with van der Waals surface area (Å²) in [5, 5.41) is 0. The molecule has 1 N–H and O–H groups in total. The number of aromatic nitrogens is 2. The van der Waals surface area contributed by atoms with Crippen LogP contribution in [0.15, 0.2) is 12.5 Å². The van der Waals surface area contributed by atoms with E-state index in [9.17, 15) is 8.42 Å². The van der Waals surface area contributed by atoms with Crippen LogP contribution in [0.25, 0.3) is 0 Å². The van der Waals surface area contributed by atoms with Gasteiger partial charge in [-0.25, -0.2) is 13.7 Å². The van der Waals surface area contributed by atoms with Gasteiger partial charge in [0.2, 0.25) is 0 Å². The van der Waals surface area contributed by atoms with Crippen molar-refractivity contribution >= 4 is 10.2 Å². The third-order valence-electron chi connectivity index (χ3n) is 1.86. The second-order valence-electron chi connectivity index (χ2n) is 4.64. The average Bonchev–Trinajstić information content (AvgIpc) is 2.50. The van der Waals surface area contributed by atoms with Crippen molar-refractivity contribution in [3.8, 4) is 0 Å². The molecule has 0 unspecified atom stereocenters. The summed E-state index contributed by atoms with van der Waals surface area (Å²) in [5.41, 5.74) is 0.879. The van der Waals surface area contributed by atoms with E-state index in [2.05, 4.69) is 30.5 Å². The van der Waals surface area contributed by atoms with Crippen molar-refractivity contribution in [1.82, 2.24) is 13.7 Å². The summed E-state index contributed by atoms with van der Waals surface area (Å²) < 4.78 is 26.1. The third kappa shape index (κ3) is 3.32. The first-order valence-corrected chi connectivity index (χ1v) is 6.15. The summed E-state index contributed by atoms with van der Waals surface area (Å²) in [7, 11) is -2.06. The second kappa shape index (κ2) is 3.94. The van der Waals surface area contributed by atoms with Crippen LogP contribution in [0.5, 0.6) is 0 Å². The van der Waals surface area contributed by atoms with Crippen molar-refractivity contribution in [2.45, 2.75) is 27.2 Å². The molecular weight excluding hydrogens is 214 g/mol. The minimum absolute atomic E-state index is 0.0998. The number of imidazole rings is 1. The van der Waals surface area contributed by atoms with Gasteiger partial charge in [0.05, 0.1) is 5.69 Å². The lowest BCUT2D eigenvalue weighted by molar-refractivity contribution is 0.407. The van der Waals surface area contributed by atoms with Crippen LogP contribution < -0.4 is 4.72 Å². The molecule has 86 valence electrons. The molecule has 0 aromatic carbocycles. The summed E-state index contributed by atoms with van der Waals surface area (Å²) in [5.74, 6) is 0. The largest absolute Gasteiger partial charge is 0.305 e. The molecule has 1 rings (SSSR count). The topological polar surface area (TPSA) is 64.0 Å². The number of nitrogens with one attached hydrogen (secondary N) is 1. The lowest BCUT2D eigenvalue weighted by Crippen LogP contribution is -2.25. The van der Waals surface area contributed by atoms with Crippen LogP contribution in [0.2, 0.25) is 0 Å². The van der Waals surface area contributed by atoms with Crippen molar-refractivity contribution in [2.24, 2.45) is 5.41 Å². The molecule has 5 nitrogen and oxygen atoms in total. The van der Waals surface area contributed by atoms with Crippen molar-refractivity contribution in [3.63, 3.8) is 0 Å². The van der Waals surface area contributed by atoms with E-state index in [1.54, 1.807) is 0 Å². The monoisotopic (exact) mass is 231 g/mol. The third-order valence-corrected chi connectivity index (χ3v) is 3.13. The summed E-state index contributed by atoms with van der Waals surface area (Å²) in [4.78, 5) is 4.06. The molecular formula is C9H17N3O2S. The maximum absolute atomic E-state index is 11.4. The highest BCUT2D eigenvalue weighted by atomic mass is 32.2. The van der Waals surface area contributed by atoms with Gasteiger partial charge in [0.25, 0.3) is 0 Å². The molecule has 1 aromatic heterocycles. The lowest BCUT2D eigenvalue weighted by atomic mass is 9.91. The van der Waals surface area contributed by atoms with E-state index in [1.165, 1.54) is 19.6 Å². The van der Waals surface area contributed by atoms with E-state index in [1.807, 2.05) is 0 Å². The van der Waals surface area contributed by atoms with Gasteiger partial charge in [-0.1, -0.05) is 20.8 Å². The molecule has 1 heterocycles. The normalized spacial score (nSPS) is 13.1. The summed E-state index contributed by atoms with van der Waals surface area (Å²) in [6.45, 7) is 6.25. The van der Waals surface area contributed by atoms with Gasteiger partial charge in [-0.05, 0) is 11.8 Å². The highest BCUT2D eigenvalue weighted by molar-refractivity contribution is 7.87. The minimum atomic E-state index is -3.43. The first-order chi connectivity index (χ1) is 6.74. The second-order valence-corrected chi connectivity index (χ2v) is 6.42. The predicted octanol–water partition coefficient (Wildman–Crippen LogP) is 0.784. The number of hydrogen-bond acceptors (Lipinski definition) is 3. The minimum Gasteiger partial charge on any atom is -0.241 e. The Hall–Kier alpha value is -0.880. The van der Waals surface area contributed by atoms with Gasteiger partial charge in [0, 0.05) is 13.2 Å². The highest BCUT2D eigenvalue weighted by Crippen LogP contribution is 2.19. The highest BCUT2D eigenvalue weighted by Gasteiger charge is 2.16. The van der Waals surface area contributed by atoms with Gasteiger partial charge >= 0.3 is 10.2 Å². The molecule has 0 aliphatic rings. The summed E-state index contributed by atoms with van der Waals surface area (Å²) in [6, 6.07) is 0. The molecule has 0 atom stereocenters. The van der Waals surface area contributed by atoms with Crippen molar-refractivity contribution < 1.29 is 8.42 Å². The van der Waals surface area contributed by atoms with E-state index in [4.69, 9.17) is 0 Å². The molecule has 0 radical (unpaired) electrons. The first-order valence-electron chi connectivity index (χ1n) is 4.71.